The molecule has 0 saturated carbocycles. The molecule has 0 unspecified atom stereocenters. The molecule has 1 aliphatic rings. The highest BCUT2D eigenvalue weighted by Gasteiger charge is 2.45. The molecule has 0 amide bonds. The van der Waals surface area contributed by atoms with Gasteiger partial charge in [0.2, 0.25) is 0 Å². The zero-order chi connectivity index (χ0) is 26.7. The predicted molar refractivity (Wildman–Crippen MR) is 132 cm³/mol. The van der Waals surface area contributed by atoms with E-state index in [4.69, 9.17) is 36.2 Å². The summed E-state index contributed by atoms with van der Waals surface area (Å²) in [5.41, 5.74) is 0.645. The molecule has 37 heavy (non-hydrogen) atoms. The minimum atomic E-state index is -4.83. The van der Waals surface area contributed by atoms with E-state index in [1.165, 1.54) is 6.20 Å². The molecule has 1 aromatic heterocycles. The summed E-state index contributed by atoms with van der Waals surface area (Å²) in [4.78, 5) is 32.9. The molecule has 1 fully saturated rings. The molecule has 0 bridgehead atoms. The van der Waals surface area contributed by atoms with Crippen molar-refractivity contribution in [3.05, 3.63) is 81.0 Å². The van der Waals surface area contributed by atoms with E-state index in [0.29, 0.717) is 29.2 Å². The van der Waals surface area contributed by atoms with Gasteiger partial charge in [0, 0.05) is 18.2 Å². The van der Waals surface area contributed by atoms with E-state index in [2.05, 4.69) is 9.51 Å². The van der Waals surface area contributed by atoms with Crippen molar-refractivity contribution >= 4 is 20.0 Å². The van der Waals surface area contributed by atoms with Crippen LogP contribution in [-0.4, -0.2) is 61.6 Å². The SMILES string of the molecule is COc1ccc(Oc2cccc(Cc3cn([C@@H]4O[C@H](COP(=O)(O)O)[C@@H](O)[C@H]4O)c(=O)[nH]c3=S)c2)cc1. The number of hydrogen-bond donors (Lipinski definition) is 5. The van der Waals surface area contributed by atoms with Crippen LogP contribution in [0.5, 0.6) is 17.2 Å². The second-order valence-electron chi connectivity index (χ2n) is 8.26. The lowest BCUT2D eigenvalue weighted by Crippen LogP contribution is -2.36. The summed E-state index contributed by atoms with van der Waals surface area (Å²) >= 11 is 5.32. The fourth-order valence-electron chi connectivity index (χ4n) is 3.83. The highest BCUT2D eigenvalue weighted by atomic mass is 32.1. The molecule has 14 heteroatoms. The minimum Gasteiger partial charge on any atom is -0.497 e. The number of hydrogen-bond acceptors (Lipinski definition) is 9. The summed E-state index contributed by atoms with van der Waals surface area (Å²) < 4.78 is 33.1. The number of rotatable bonds is 9. The van der Waals surface area contributed by atoms with Gasteiger partial charge in [-0.3, -0.25) is 14.1 Å². The lowest BCUT2D eigenvalue weighted by Gasteiger charge is -2.18. The van der Waals surface area contributed by atoms with E-state index in [-0.39, 0.29) is 4.64 Å². The predicted octanol–water partition coefficient (Wildman–Crippen LogP) is 2.03. The van der Waals surface area contributed by atoms with E-state index < -0.39 is 44.7 Å². The Morgan fingerprint density at radius 2 is 1.78 bits per heavy atom. The fraction of sp³-hybridized carbons (Fsp3) is 0.304. The average Bonchev–Trinajstić information content (AvgIpc) is 3.13. The number of phosphoric acid groups is 1. The first-order valence-corrected chi connectivity index (χ1v) is 12.9. The highest BCUT2D eigenvalue weighted by Crippen LogP contribution is 2.38. The van der Waals surface area contributed by atoms with Crippen LogP contribution in [0.1, 0.15) is 17.4 Å². The normalized spacial score (nSPS) is 21.6. The summed E-state index contributed by atoms with van der Waals surface area (Å²) in [6.45, 7) is -0.690. The van der Waals surface area contributed by atoms with Gasteiger partial charge in [0.05, 0.1) is 13.7 Å². The maximum Gasteiger partial charge on any atom is 0.469 e. The van der Waals surface area contributed by atoms with Gasteiger partial charge in [-0.1, -0.05) is 24.4 Å². The van der Waals surface area contributed by atoms with Crippen LogP contribution in [0.2, 0.25) is 0 Å². The Morgan fingerprint density at radius 3 is 2.46 bits per heavy atom. The molecule has 4 atom stereocenters. The van der Waals surface area contributed by atoms with Crippen molar-refractivity contribution in [2.24, 2.45) is 0 Å². The van der Waals surface area contributed by atoms with E-state index in [0.717, 1.165) is 10.1 Å². The maximum absolute atomic E-state index is 12.6. The van der Waals surface area contributed by atoms with Gasteiger partial charge in [-0.25, -0.2) is 9.36 Å². The van der Waals surface area contributed by atoms with Crippen LogP contribution in [-0.2, 0) is 20.2 Å². The molecule has 12 nitrogen and oxygen atoms in total. The van der Waals surface area contributed by atoms with Crippen molar-refractivity contribution in [1.29, 1.82) is 0 Å². The number of phosphoric ester groups is 1. The summed E-state index contributed by atoms with van der Waals surface area (Å²) in [7, 11) is -3.25. The number of benzene rings is 2. The van der Waals surface area contributed by atoms with E-state index in [1.807, 2.05) is 18.2 Å². The summed E-state index contributed by atoms with van der Waals surface area (Å²) in [6.07, 6.45) is -4.04. The molecule has 5 N–H and O–H groups in total. The first-order valence-electron chi connectivity index (χ1n) is 11.0. The Balaban J connectivity index is 1.53. The standard InChI is InChI=1S/C23H25N2O10PS/c1-32-15-5-7-16(8-6-15)34-17-4-2-3-13(10-17)9-14-11-25(23(28)24-21(14)37)22-20(27)19(26)18(35-22)12-33-36(29,30)31/h2-8,10-11,18-20,22,26-27H,9,12H2,1H3,(H,24,28,37)(H2,29,30,31)/t18-,19-,20-,22-/m1/s1. The van der Waals surface area contributed by atoms with Gasteiger partial charge < -0.3 is 34.2 Å². The quantitative estimate of drug-likeness (QED) is 0.194. The van der Waals surface area contributed by atoms with Gasteiger partial charge in [0.1, 0.15) is 40.2 Å². The third-order valence-corrected chi connectivity index (χ3v) is 6.50. The number of aliphatic hydroxyl groups is 2. The van der Waals surface area contributed by atoms with Crippen LogP contribution >= 0.6 is 20.0 Å². The Bertz CT molecular complexity index is 1400. The molecule has 0 spiro atoms. The summed E-state index contributed by atoms with van der Waals surface area (Å²) in [5.74, 6) is 1.90. The van der Waals surface area contributed by atoms with Crippen LogP contribution in [0.3, 0.4) is 0 Å². The van der Waals surface area contributed by atoms with E-state index in [1.54, 1.807) is 37.4 Å². The summed E-state index contributed by atoms with van der Waals surface area (Å²) in [6, 6.07) is 14.4. The van der Waals surface area contributed by atoms with Crippen molar-refractivity contribution in [2.75, 3.05) is 13.7 Å². The lowest BCUT2D eigenvalue weighted by molar-refractivity contribution is -0.0543. The zero-order valence-corrected chi connectivity index (χ0v) is 21.2. The van der Waals surface area contributed by atoms with Gasteiger partial charge in [-0.05, 0) is 42.0 Å². The Kier molecular flexibility index (Phi) is 8.26. The smallest absolute Gasteiger partial charge is 0.469 e. The van der Waals surface area contributed by atoms with Gasteiger partial charge in [-0.15, -0.1) is 0 Å². The fourth-order valence-corrected chi connectivity index (χ4v) is 4.38. The third kappa shape index (κ3) is 6.72. The molecule has 4 rings (SSSR count). The number of ether oxygens (including phenoxy) is 3. The maximum atomic E-state index is 12.6. The number of H-pyrrole nitrogens is 1. The monoisotopic (exact) mass is 552 g/mol. The number of nitrogens with zero attached hydrogens (tertiary/aromatic N) is 1. The van der Waals surface area contributed by atoms with Crippen LogP contribution in [0.25, 0.3) is 0 Å². The second-order valence-corrected chi connectivity index (χ2v) is 9.90. The molecule has 3 aromatic rings. The van der Waals surface area contributed by atoms with Crippen molar-refractivity contribution < 1.29 is 43.3 Å². The topological polar surface area (TPSA) is 173 Å². The van der Waals surface area contributed by atoms with E-state index in [9.17, 15) is 19.6 Å². The summed E-state index contributed by atoms with van der Waals surface area (Å²) in [5, 5.41) is 20.7. The zero-order valence-electron chi connectivity index (χ0n) is 19.5. The van der Waals surface area contributed by atoms with Crippen LogP contribution in [0.15, 0.2) is 59.5 Å². The largest absolute Gasteiger partial charge is 0.497 e. The van der Waals surface area contributed by atoms with Crippen molar-refractivity contribution in [3.8, 4) is 17.2 Å². The molecule has 1 saturated heterocycles. The Labute approximate surface area is 215 Å². The van der Waals surface area contributed by atoms with E-state index >= 15 is 0 Å². The van der Waals surface area contributed by atoms with Gasteiger partial charge >= 0.3 is 13.5 Å². The van der Waals surface area contributed by atoms with Gasteiger partial charge in [0.25, 0.3) is 0 Å². The van der Waals surface area contributed by atoms with Gasteiger partial charge in [-0.2, -0.15) is 0 Å². The Hall–Kier alpha value is -2.87. The molecule has 1 aliphatic heterocycles. The molecule has 0 aliphatic carbocycles. The van der Waals surface area contributed by atoms with Crippen molar-refractivity contribution in [3.63, 3.8) is 0 Å². The number of aromatic nitrogens is 2. The van der Waals surface area contributed by atoms with Crippen LogP contribution in [0.4, 0.5) is 0 Å². The number of methoxy groups -OCH3 is 1. The lowest BCUT2D eigenvalue weighted by atomic mass is 10.1. The number of nitrogens with one attached hydrogen (secondary N) is 1. The highest BCUT2D eigenvalue weighted by molar-refractivity contribution is 7.71. The molecule has 2 aromatic carbocycles. The molecular formula is C23H25N2O10PS. The van der Waals surface area contributed by atoms with Crippen molar-refractivity contribution in [2.45, 2.75) is 31.0 Å². The van der Waals surface area contributed by atoms with Crippen molar-refractivity contribution in [1.82, 2.24) is 9.55 Å². The first-order chi connectivity index (χ1) is 17.5. The molecule has 0 radical (unpaired) electrons. The Morgan fingerprint density at radius 1 is 1.08 bits per heavy atom. The number of aromatic amines is 1. The van der Waals surface area contributed by atoms with Crippen LogP contribution < -0.4 is 15.2 Å². The van der Waals surface area contributed by atoms with Crippen LogP contribution in [0, 0.1) is 4.64 Å². The third-order valence-electron chi connectivity index (χ3n) is 5.65. The second kappa shape index (κ2) is 11.3. The molecule has 198 valence electrons. The number of aliphatic hydroxyl groups excluding tert-OH is 2. The molecular weight excluding hydrogens is 527 g/mol. The van der Waals surface area contributed by atoms with Gasteiger partial charge in [0.15, 0.2) is 6.23 Å². The first kappa shape index (κ1) is 27.2. The minimum absolute atomic E-state index is 0.178. The average molecular weight is 552 g/mol. The molecule has 2 heterocycles.